The largest absolute Gasteiger partial charge is 0.356 e. The van der Waals surface area contributed by atoms with Gasteiger partial charge in [-0.25, -0.2) is 0 Å². The molecule has 0 bridgehead atoms. The van der Waals surface area contributed by atoms with Gasteiger partial charge in [0, 0.05) is 52.9 Å². The average molecular weight is 463 g/mol. The molecular formula is C18H34IN5O. The maximum atomic E-state index is 12.6. The molecule has 3 fully saturated rings. The van der Waals surface area contributed by atoms with Gasteiger partial charge in [-0.2, -0.15) is 0 Å². The molecule has 1 aliphatic carbocycles. The Balaban J connectivity index is 0.00000225. The summed E-state index contributed by atoms with van der Waals surface area (Å²) in [4.78, 5) is 23.7. The first-order chi connectivity index (χ1) is 11.7. The molecule has 1 N–H and O–H groups in total. The predicted molar refractivity (Wildman–Crippen MR) is 113 cm³/mol. The van der Waals surface area contributed by atoms with Gasteiger partial charge in [-0.05, 0) is 32.1 Å². The number of carbonyl (C=O) groups excluding carboxylic acids is 1. The minimum atomic E-state index is 0. The van der Waals surface area contributed by atoms with Crippen molar-refractivity contribution in [3.63, 3.8) is 0 Å². The van der Waals surface area contributed by atoms with E-state index in [4.69, 9.17) is 0 Å². The molecule has 144 valence electrons. The highest BCUT2D eigenvalue weighted by Gasteiger charge is 2.30. The van der Waals surface area contributed by atoms with E-state index in [1.807, 2.05) is 11.9 Å². The lowest BCUT2D eigenvalue weighted by atomic mass is 10.2. The Morgan fingerprint density at radius 2 is 1.72 bits per heavy atom. The van der Waals surface area contributed by atoms with Crippen LogP contribution in [0.1, 0.15) is 39.0 Å². The van der Waals surface area contributed by atoms with Crippen molar-refractivity contribution >= 4 is 35.8 Å². The Kier molecular flexibility index (Phi) is 8.25. The molecule has 3 aliphatic rings. The van der Waals surface area contributed by atoms with Crippen molar-refractivity contribution in [1.82, 2.24) is 20.0 Å². The number of halogens is 1. The number of nitrogens with zero attached hydrogens (tertiary/aromatic N) is 4. The SMILES string of the molecule is CN=C(NCCC1CC1)N1CCN(C(C)C(=O)N2CCCC2)CC1.I. The van der Waals surface area contributed by atoms with E-state index >= 15 is 0 Å². The monoisotopic (exact) mass is 463 g/mol. The van der Waals surface area contributed by atoms with Gasteiger partial charge >= 0.3 is 0 Å². The molecule has 1 amide bonds. The molecule has 25 heavy (non-hydrogen) atoms. The Hall–Kier alpha value is -0.570. The molecule has 1 saturated carbocycles. The van der Waals surface area contributed by atoms with Crippen LogP contribution in [-0.4, -0.2) is 85.5 Å². The van der Waals surface area contributed by atoms with E-state index < -0.39 is 0 Å². The average Bonchev–Trinajstić information content (AvgIpc) is 3.28. The smallest absolute Gasteiger partial charge is 0.239 e. The maximum absolute atomic E-state index is 12.6. The molecule has 0 aromatic heterocycles. The Morgan fingerprint density at radius 3 is 2.28 bits per heavy atom. The zero-order valence-electron chi connectivity index (χ0n) is 15.7. The second-order valence-electron chi connectivity index (χ2n) is 7.44. The molecule has 2 saturated heterocycles. The Labute approximate surface area is 169 Å². The maximum Gasteiger partial charge on any atom is 0.239 e. The lowest BCUT2D eigenvalue weighted by Crippen LogP contribution is -2.57. The fourth-order valence-electron chi connectivity index (χ4n) is 3.81. The molecule has 0 aromatic carbocycles. The number of aliphatic imine (C=N–C) groups is 1. The first kappa shape index (κ1) is 20.7. The van der Waals surface area contributed by atoms with Crippen LogP contribution < -0.4 is 5.32 Å². The molecule has 1 atom stereocenters. The number of piperazine rings is 1. The number of hydrogen-bond acceptors (Lipinski definition) is 3. The lowest BCUT2D eigenvalue weighted by Gasteiger charge is -2.39. The van der Waals surface area contributed by atoms with Crippen LogP contribution in [0.3, 0.4) is 0 Å². The van der Waals surface area contributed by atoms with Gasteiger partial charge in [0.15, 0.2) is 5.96 Å². The third-order valence-corrected chi connectivity index (χ3v) is 5.68. The highest BCUT2D eigenvalue weighted by molar-refractivity contribution is 14.0. The van der Waals surface area contributed by atoms with Crippen LogP contribution in [0.15, 0.2) is 4.99 Å². The van der Waals surface area contributed by atoms with Gasteiger partial charge in [0.2, 0.25) is 5.91 Å². The van der Waals surface area contributed by atoms with E-state index in [1.54, 1.807) is 0 Å². The molecule has 2 aliphatic heterocycles. The van der Waals surface area contributed by atoms with Crippen LogP contribution in [0, 0.1) is 5.92 Å². The summed E-state index contributed by atoms with van der Waals surface area (Å²) in [6, 6.07) is 0.00934. The summed E-state index contributed by atoms with van der Waals surface area (Å²) in [6.45, 7) is 8.75. The summed E-state index contributed by atoms with van der Waals surface area (Å²) in [6.07, 6.45) is 6.40. The van der Waals surface area contributed by atoms with Crippen molar-refractivity contribution in [3.05, 3.63) is 0 Å². The van der Waals surface area contributed by atoms with Gasteiger partial charge in [-0.1, -0.05) is 12.8 Å². The summed E-state index contributed by atoms with van der Waals surface area (Å²) in [5.74, 6) is 2.28. The second-order valence-corrected chi connectivity index (χ2v) is 7.44. The lowest BCUT2D eigenvalue weighted by molar-refractivity contribution is -0.135. The van der Waals surface area contributed by atoms with Crippen molar-refractivity contribution in [2.45, 2.75) is 45.1 Å². The van der Waals surface area contributed by atoms with E-state index in [-0.39, 0.29) is 30.0 Å². The van der Waals surface area contributed by atoms with Crippen molar-refractivity contribution < 1.29 is 4.79 Å². The summed E-state index contributed by atoms with van der Waals surface area (Å²) in [5.41, 5.74) is 0. The number of nitrogens with one attached hydrogen (secondary N) is 1. The van der Waals surface area contributed by atoms with Gasteiger partial charge < -0.3 is 15.1 Å². The second kappa shape index (κ2) is 9.94. The van der Waals surface area contributed by atoms with E-state index in [2.05, 4.69) is 27.0 Å². The van der Waals surface area contributed by atoms with Crippen LogP contribution in [0.2, 0.25) is 0 Å². The van der Waals surface area contributed by atoms with Crippen molar-refractivity contribution in [3.8, 4) is 0 Å². The zero-order chi connectivity index (χ0) is 16.9. The fraction of sp³-hybridized carbons (Fsp3) is 0.889. The molecule has 0 aromatic rings. The van der Waals surface area contributed by atoms with E-state index in [0.717, 1.165) is 70.5 Å². The van der Waals surface area contributed by atoms with Crippen LogP contribution >= 0.6 is 24.0 Å². The van der Waals surface area contributed by atoms with Gasteiger partial charge in [0.25, 0.3) is 0 Å². The van der Waals surface area contributed by atoms with Crippen molar-refractivity contribution in [2.24, 2.45) is 10.9 Å². The van der Waals surface area contributed by atoms with Crippen molar-refractivity contribution in [1.29, 1.82) is 0 Å². The van der Waals surface area contributed by atoms with E-state index in [0.29, 0.717) is 5.91 Å². The molecular weight excluding hydrogens is 429 g/mol. The van der Waals surface area contributed by atoms with E-state index in [1.165, 1.54) is 19.3 Å². The van der Waals surface area contributed by atoms with Crippen LogP contribution in [-0.2, 0) is 4.79 Å². The fourth-order valence-corrected chi connectivity index (χ4v) is 3.81. The molecule has 3 rings (SSSR count). The predicted octanol–water partition coefficient (Wildman–Crippen LogP) is 1.61. The first-order valence-corrected chi connectivity index (χ1v) is 9.67. The molecule has 0 radical (unpaired) electrons. The zero-order valence-corrected chi connectivity index (χ0v) is 18.1. The number of amides is 1. The quantitative estimate of drug-likeness (QED) is 0.383. The molecule has 7 heteroatoms. The summed E-state index contributed by atoms with van der Waals surface area (Å²) in [7, 11) is 1.87. The van der Waals surface area contributed by atoms with Gasteiger partial charge in [-0.3, -0.25) is 14.7 Å². The number of hydrogen-bond donors (Lipinski definition) is 1. The number of guanidine groups is 1. The summed E-state index contributed by atoms with van der Waals surface area (Å²) >= 11 is 0. The van der Waals surface area contributed by atoms with Crippen LogP contribution in [0.4, 0.5) is 0 Å². The normalized spacial score (nSPS) is 23.4. The Morgan fingerprint density at radius 1 is 1.08 bits per heavy atom. The summed E-state index contributed by atoms with van der Waals surface area (Å²) < 4.78 is 0. The third kappa shape index (κ3) is 5.70. The van der Waals surface area contributed by atoms with E-state index in [9.17, 15) is 4.79 Å². The molecule has 0 spiro atoms. The molecule has 6 nitrogen and oxygen atoms in total. The first-order valence-electron chi connectivity index (χ1n) is 9.67. The van der Waals surface area contributed by atoms with Crippen LogP contribution in [0.25, 0.3) is 0 Å². The highest BCUT2D eigenvalue weighted by atomic mass is 127. The standard InChI is InChI=1S/C18H33N5O.HI/c1-15(17(24)22-9-3-4-10-22)21-11-13-23(14-12-21)18(19-2)20-8-7-16-5-6-16;/h15-16H,3-14H2,1-2H3,(H,19,20);1H. The number of carbonyl (C=O) groups is 1. The van der Waals surface area contributed by atoms with Gasteiger partial charge in [0.05, 0.1) is 6.04 Å². The minimum absolute atomic E-state index is 0. The summed E-state index contributed by atoms with van der Waals surface area (Å²) in [5, 5.41) is 3.50. The molecule has 1 unspecified atom stereocenters. The topological polar surface area (TPSA) is 51.2 Å². The van der Waals surface area contributed by atoms with Crippen LogP contribution in [0.5, 0.6) is 0 Å². The molecule has 2 heterocycles. The number of likely N-dealkylation sites (tertiary alicyclic amines) is 1. The van der Waals surface area contributed by atoms with Crippen molar-refractivity contribution in [2.75, 3.05) is 52.9 Å². The van der Waals surface area contributed by atoms with Gasteiger partial charge in [0.1, 0.15) is 0 Å². The Bertz CT molecular complexity index is 454. The highest BCUT2D eigenvalue weighted by Crippen LogP contribution is 2.31. The minimum Gasteiger partial charge on any atom is -0.356 e. The number of rotatable bonds is 5. The third-order valence-electron chi connectivity index (χ3n) is 5.68. The van der Waals surface area contributed by atoms with Gasteiger partial charge in [-0.15, -0.1) is 24.0 Å².